The predicted molar refractivity (Wildman–Crippen MR) is 126 cm³/mol. The summed E-state index contributed by atoms with van der Waals surface area (Å²) in [5.41, 5.74) is -0.617. The maximum Gasteiger partial charge on any atom is 0.412 e. The standard InChI is InChI=1S/C25H35NO4Si/c1-24(2,3)29-23(28)26-18-17-21(22(26)27)30-31(25(4,5)6,19-13-9-7-10-14-19)20-15-11-8-12-16-20/h7-16,21-22,27H,17-18H2,1-6H3/t21-,22?/m0/s1. The molecule has 2 aromatic rings. The highest BCUT2D eigenvalue weighted by atomic mass is 28.4. The Morgan fingerprint density at radius 1 is 0.935 bits per heavy atom. The van der Waals surface area contributed by atoms with E-state index in [9.17, 15) is 9.90 Å². The van der Waals surface area contributed by atoms with Gasteiger partial charge in [0.1, 0.15) is 5.60 Å². The summed E-state index contributed by atoms with van der Waals surface area (Å²) in [6, 6.07) is 20.6. The molecular formula is C25H35NO4Si. The summed E-state index contributed by atoms with van der Waals surface area (Å²) in [4.78, 5) is 14.0. The van der Waals surface area contributed by atoms with Crippen LogP contribution in [0.3, 0.4) is 0 Å². The summed E-state index contributed by atoms with van der Waals surface area (Å²) in [6.07, 6.45) is -1.48. The van der Waals surface area contributed by atoms with Crippen molar-refractivity contribution < 1.29 is 19.1 Å². The highest BCUT2D eigenvalue weighted by Crippen LogP contribution is 2.39. The van der Waals surface area contributed by atoms with E-state index in [-0.39, 0.29) is 5.04 Å². The maximum absolute atomic E-state index is 12.6. The maximum atomic E-state index is 12.6. The second kappa shape index (κ2) is 8.77. The Bertz CT molecular complexity index is 834. The molecule has 31 heavy (non-hydrogen) atoms. The van der Waals surface area contributed by atoms with Crippen LogP contribution in [0.2, 0.25) is 5.04 Å². The number of carbonyl (C=O) groups excluding carboxylic acids is 1. The van der Waals surface area contributed by atoms with Crippen molar-refractivity contribution >= 4 is 24.8 Å². The molecule has 3 rings (SSSR count). The minimum Gasteiger partial charge on any atom is -0.444 e. The zero-order chi connectivity index (χ0) is 22.9. The third kappa shape index (κ3) is 4.86. The van der Waals surface area contributed by atoms with Crippen molar-refractivity contribution in [1.82, 2.24) is 4.90 Å². The molecule has 1 heterocycles. The zero-order valence-electron chi connectivity index (χ0n) is 19.5. The zero-order valence-corrected chi connectivity index (χ0v) is 20.5. The summed E-state index contributed by atoms with van der Waals surface area (Å²) in [5, 5.41) is 13.2. The number of hydrogen-bond donors (Lipinski definition) is 1. The molecule has 1 aliphatic heterocycles. The fourth-order valence-corrected chi connectivity index (χ4v) is 9.01. The molecule has 1 unspecified atom stereocenters. The van der Waals surface area contributed by atoms with E-state index >= 15 is 0 Å². The highest BCUT2D eigenvalue weighted by Gasteiger charge is 2.53. The molecule has 0 saturated carbocycles. The van der Waals surface area contributed by atoms with E-state index in [1.807, 2.05) is 57.2 Å². The Morgan fingerprint density at radius 3 is 1.84 bits per heavy atom. The number of nitrogens with zero attached hydrogens (tertiary/aromatic N) is 1. The molecule has 2 atom stereocenters. The van der Waals surface area contributed by atoms with E-state index in [1.54, 1.807) is 0 Å². The van der Waals surface area contributed by atoms with Gasteiger partial charge in [0.05, 0.1) is 6.10 Å². The number of ether oxygens (including phenoxy) is 1. The molecule has 0 bridgehead atoms. The molecule has 1 amide bonds. The molecular weight excluding hydrogens is 406 g/mol. The Balaban J connectivity index is 2.00. The Morgan fingerprint density at radius 2 is 1.42 bits per heavy atom. The third-order valence-corrected chi connectivity index (χ3v) is 10.7. The number of aliphatic hydroxyl groups excluding tert-OH is 1. The predicted octanol–water partition coefficient (Wildman–Crippen LogP) is 3.89. The molecule has 6 heteroatoms. The first kappa shape index (κ1) is 23.5. The van der Waals surface area contributed by atoms with Crippen LogP contribution in [0.4, 0.5) is 4.79 Å². The molecule has 0 spiro atoms. The number of likely N-dealkylation sites (tertiary alicyclic amines) is 1. The molecule has 2 aromatic carbocycles. The van der Waals surface area contributed by atoms with Crippen molar-refractivity contribution in [2.45, 2.75) is 70.9 Å². The van der Waals surface area contributed by atoms with Crippen LogP contribution in [-0.4, -0.2) is 48.9 Å². The number of aliphatic hydroxyl groups is 1. The number of amides is 1. The molecule has 1 N–H and O–H groups in total. The lowest BCUT2D eigenvalue weighted by Crippen LogP contribution is -2.68. The molecule has 1 fully saturated rings. The van der Waals surface area contributed by atoms with Crippen LogP contribution in [0.25, 0.3) is 0 Å². The summed E-state index contributed by atoms with van der Waals surface area (Å²) < 4.78 is 12.5. The van der Waals surface area contributed by atoms with Gasteiger partial charge in [-0.05, 0) is 42.6 Å². The van der Waals surface area contributed by atoms with Gasteiger partial charge in [-0.15, -0.1) is 0 Å². The molecule has 168 valence electrons. The normalized spacial score (nSPS) is 20.0. The lowest BCUT2D eigenvalue weighted by molar-refractivity contribution is -0.0441. The summed E-state index contributed by atoms with van der Waals surface area (Å²) in [6.45, 7) is 12.5. The SMILES string of the molecule is CC(C)(C)OC(=O)N1CC[C@H](O[Si](c2ccccc2)(c2ccccc2)C(C)(C)C)C1O. The average Bonchev–Trinajstić information content (AvgIpc) is 3.05. The van der Waals surface area contributed by atoms with Crippen molar-refractivity contribution in [3.63, 3.8) is 0 Å². The van der Waals surface area contributed by atoms with E-state index in [0.717, 1.165) is 10.4 Å². The van der Waals surface area contributed by atoms with Crippen molar-refractivity contribution in [3.05, 3.63) is 60.7 Å². The Kier molecular flexibility index (Phi) is 6.65. The van der Waals surface area contributed by atoms with Crippen LogP contribution in [0.1, 0.15) is 48.0 Å². The fourth-order valence-electron chi connectivity index (χ4n) is 4.31. The summed E-state index contributed by atoms with van der Waals surface area (Å²) in [5.74, 6) is 0. The minimum absolute atomic E-state index is 0.200. The van der Waals surface area contributed by atoms with Gasteiger partial charge in [-0.3, -0.25) is 4.90 Å². The van der Waals surface area contributed by atoms with Gasteiger partial charge in [-0.1, -0.05) is 81.4 Å². The fraction of sp³-hybridized carbons (Fsp3) is 0.480. The van der Waals surface area contributed by atoms with Crippen LogP contribution < -0.4 is 10.4 Å². The first-order valence-corrected chi connectivity index (χ1v) is 12.8. The van der Waals surface area contributed by atoms with Gasteiger partial charge in [0.2, 0.25) is 0 Å². The van der Waals surface area contributed by atoms with E-state index in [2.05, 4.69) is 45.0 Å². The van der Waals surface area contributed by atoms with Gasteiger partial charge >= 0.3 is 6.09 Å². The number of hydrogen-bond acceptors (Lipinski definition) is 4. The van der Waals surface area contributed by atoms with Gasteiger partial charge in [0.15, 0.2) is 6.23 Å². The van der Waals surface area contributed by atoms with Crippen LogP contribution in [0.15, 0.2) is 60.7 Å². The molecule has 0 radical (unpaired) electrons. The largest absolute Gasteiger partial charge is 0.444 e. The first-order chi connectivity index (χ1) is 14.5. The highest BCUT2D eigenvalue weighted by molar-refractivity contribution is 6.99. The van der Waals surface area contributed by atoms with Gasteiger partial charge in [-0.2, -0.15) is 0 Å². The molecule has 1 saturated heterocycles. The number of rotatable bonds is 4. The number of benzene rings is 2. The van der Waals surface area contributed by atoms with Crippen LogP contribution in [0, 0.1) is 0 Å². The second-order valence-corrected chi connectivity index (χ2v) is 14.4. The molecule has 0 aromatic heterocycles. The van der Waals surface area contributed by atoms with Gasteiger partial charge in [0, 0.05) is 6.54 Å². The average molecular weight is 442 g/mol. The van der Waals surface area contributed by atoms with Crippen LogP contribution in [-0.2, 0) is 9.16 Å². The van der Waals surface area contributed by atoms with Crippen LogP contribution >= 0.6 is 0 Å². The minimum atomic E-state index is -2.81. The van der Waals surface area contributed by atoms with Crippen molar-refractivity contribution in [2.75, 3.05) is 6.54 Å². The Hall–Kier alpha value is -2.15. The summed E-state index contributed by atoms with van der Waals surface area (Å²) in [7, 11) is -2.81. The smallest absolute Gasteiger partial charge is 0.412 e. The quantitative estimate of drug-likeness (QED) is 0.732. The topological polar surface area (TPSA) is 59.0 Å². The van der Waals surface area contributed by atoms with Crippen molar-refractivity contribution in [1.29, 1.82) is 0 Å². The number of carbonyl (C=O) groups is 1. The van der Waals surface area contributed by atoms with Crippen LogP contribution in [0.5, 0.6) is 0 Å². The molecule has 5 nitrogen and oxygen atoms in total. The van der Waals surface area contributed by atoms with Gasteiger partial charge in [-0.25, -0.2) is 4.79 Å². The monoisotopic (exact) mass is 441 g/mol. The lowest BCUT2D eigenvalue weighted by atomic mass is 10.2. The third-order valence-electron chi connectivity index (χ3n) is 5.68. The second-order valence-electron chi connectivity index (χ2n) is 10.2. The van der Waals surface area contributed by atoms with Crippen molar-refractivity contribution in [3.8, 4) is 0 Å². The van der Waals surface area contributed by atoms with E-state index < -0.39 is 32.3 Å². The van der Waals surface area contributed by atoms with E-state index in [0.29, 0.717) is 13.0 Å². The lowest BCUT2D eigenvalue weighted by Gasteiger charge is -2.45. The van der Waals surface area contributed by atoms with Gasteiger partial charge < -0.3 is 14.3 Å². The van der Waals surface area contributed by atoms with Gasteiger partial charge in [0.25, 0.3) is 8.32 Å². The summed E-state index contributed by atoms with van der Waals surface area (Å²) >= 11 is 0. The molecule has 0 aliphatic carbocycles. The Labute approximate surface area is 187 Å². The van der Waals surface area contributed by atoms with Crippen molar-refractivity contribution in [2.24, 2.45) is 0 Å². The first-order valence-electron chi connectivity index (χ1n) is 10.9. The van der Waals surface area contributed by atoms with E-state index in [4.69, 9.17) is 9.16 Å². The van der Waals surface area contributed by atoms with E-state index in [1.165, 1.54) is 4.90 Å². The molecule has 1 aliphatic rings.